The summed E-state index contributed by atoms with van der Waals surface area (Å²) in [6.45, 7) is 2.65. The lowest BCUT2D eigenvalue weighted by atomic mass is 10.0. The summed E-state index contributed by atoms with van der Waals surface area (Å²) in [5.41, 5.74) is 1.26. The first-order chi connectivity index (χ1) is 11.8. The third kappa shape index (κ3) is 3.93. The van der Waals surface area contributed by atoms with E-state index in [1.54, 1.807) is 24.3 Å². The van der Waals surface area contributed by atoms with Crippen molar-refractivity contribution in [3.63, 3.8) is 0 Å². The zero-order chi connectivity index (χ0) is 16.4. The van der Waals surface area contributed by atoms with Crippen molar-refractivity contribution in [1.29, 1.82) is 0 Å². The molecule has 4 rings (SSSR count). The summed E-state index contributed by atoms with van der Waals surface area (Å²) in [5.74, 6) is 1.46. The van der Waals surface area contributed by atoms with Gasteiger partial charge in [-0.15, -0.1) is 0 Å². The zero-order valence-corrected chi connectivity index (χ0v) is 13.1. The van der Waals surface area contributed by atoms with Crippen LogP contribution in [0, 0.1) is 0 Å². The smallest absolute Gasteiger partial charge is 0.193 e. The molecule has 0 N–H and O–H groups in total. The van der Waals surface area contributed by atoms with E-state index in [1.165, 1.54) is 0 Å². The Kier molecular flexibility index (Phi) is 4.19. The van der Waals surface area contributed by atoms with E-state index in [2.05, 4.69) is 0 Å². The molecule has 2 fully saturated rings. The number of hydrogen-bond acceptors (Lipinski definition) is 5. The molecule has 5 heteroatoms. The molecule has 2 heterocycles. The van der Waals surface area contributed by atoms with Crippen molar-refractivity contribution < 1.29 is 23.7 Å². The Hall–Kier alpha value is -2.37. The van der Waals surface area contributed by atoms with Gasteiger partial charge in [-0.1, -0.05) is 0 Å². The Labute approximate surface area is 140 Å². The molecule has 2 aromatic carbocycles. The fourth-order valence-corrected chi connectivity index (χ4v) is 2.28. The Morgan fingerprint density at radius 2 is 1.17 bits per heavy atom. The molecule has 0 radical (unpaired) electrons. The molecular weight excluding hydrogens is 308 g/mol. The van der Waals surface area contributed by atoms with Gasteiger partial charge in [0.25, 0.3) is 0 Å². The summed E-state index contributed by atoms with van der Waals surface area (Å²) in [6, 6.07) is 14.3. The Bertz CT molecular complexity index is 638. The maximum atomic E-state index is 12.5. The molecule has 2 unspecified atom stereocenters. The summed E-state index contributed by atoms with van der Waals surface area (Å²) in [4.78, 5) is 12.5. The minimum absolute atomic E-state index is 0.0239. The Balaban J connectivity index is 1.36. The van der Waals surface area contributed by atoms with Gasteiger partial charge in [-0.2, -0.15) is 0 Å². The van der Waals surface area contributed by atoms with Crippen molar-refractivity contribution in [2.45, 2.75) is 12.2 Å². The summed E-state index contributed by atoms with van der Waals surface area (Å²) < 4.78 is 21.3. The van der Waals surface area contributed by atoms with Gasteiger partial charge < -0.3 is 18.9 Å². The number of ketones is 1. The Morgan fingerprint density at radius 1 is 0.792 bits per heavy atom. The van der Waals surface area contributed by atoms with E-state index >= 15 is 0 Å². The van der Waals surface area contributed by atoms with Crippen LogP contribution in [0.15, 0.2) is 48.5 Å². The third-order valence-electron chi connectivity index (χ3n) is 3.91. The average molecular weight is 326 g/mol. The molecule has 5 nitrogen and oxygen atoms in total. The standard InChI is InChI=1S/C19H18O5/c20-19(13-1-5-15(6-2-13)21-9-17-11-23-17)14-3-7-16(8-4-14)22-10-18-12-24-18/h1-8,17-18H,9-12H2. The highest BCUT2D eigenvalue weighted by atomic mass is 16.6. The minimum Gasteiger partial charge on any atom is -0.491 e. The number of hydrogen-bond donors (Lipinski definition) is 0. The summed E-state index contributed by atoms with van der Waals surface area (Å²) >= 11 is 0. The lowest BCUT2D eigenvalue weighted by molar-refractivity contribution is 0.103. The quantitative estimate of drug-likeness (QED) is 0.551. The molecule has 0 saturated carbocycles. The second-order valence-corrected chi connectivity index (χ2v) is 5.91. The van der Waals surface area contributed by atoms with Gasteiger partial charge in [0.15, 0.2) is 5.78 Å². The monoisotopic (exact) mass is 326 g/mol. The fourth-order valence-electron chi connectivity index (χ4n) is 2.28. The maximum absolute atomic E-state index is 12.5. The lowest BCUT2D eigenvalue weighted by Crippen LogP contribution is -2.06. The highest BCUT2D eigenvalue weighted by molar-refractivity contribution is 6.09. The first kappa shape index (κ1) is 15.2. The van der Waals surface area contributed by atoms with Crippen molar-refractivity contribution in [1.82, 2.24) is 0 Å². The second kappa shape index (κ2) is 6.63. The van der Waals surface area contributed by atoms with Crippen molar-refractivity contribution in [3.05, 3.63) is 59.7 Å². The topological polar surface area (TPSA) is 60.6 Å². The van der Waals surface area contributed by atoms with Crippen LogP contribution in [0.2, 0.25) is 0 Å². The predicted molar refractivity (Wildman–Crippen MR) is 86.8 cm³/mol. The van der Waals surface area contributed by atoms with Gasteiger partial charge in [0, 0.05) is 11.1 Å². The van der Waals surface area contributed by atoms with Gasteiger partial charge in [0.05, 0.1) is 13.2 Å². The highest BCUT2D eigenvalue weighted by Gasteiger charge is 2.23. The number of epoxide rings is 2. The molecule has 0 bridgehead atoms. The largest absolute Gasteiger partial charge is 0.491 e. The number of carbonyl (C=O) groups is 1. The number of rotatable bonds is 8. The molecular formula is C19H18O5. The maximum Gasteiger partial charge on any atom is 0.193 e. The van der Waals surface area contributed by atoms with Gasteiger partial charge in [0.2, 0.25) is 0 Å². The summed E-state index contributed by atoms with van der Waals surface area (Å²) in [6.07, 6.45) is 0.442. The molecule has 2 aliphatic rings. The van der Waals surface area contributed by atoms with Gasteiger partial charge >= 0.3 is 0 Å². The highest BCUT2D eigenvalue weighted by Crippen LogP contribution is 2.20. The molecule has 2 atom stereocenters. The van der Waals surface area contributed by atoms with E-state index in [9.17, 15) is 4.79 Å². The molecule has 24 heavy (non-hydrogen) atoms. The van der Waals surface area contributed by atoms with Crippen LogP contribution in [0.3, 0.4) is 0 Å². The second-order valence-electron chi connectivity index (χ2n) is 5.91. The lowest BCUT2D eigenvalue weighted by Gasteiger charge is -2.07. The van der Waals surface area contributed by atoms with Crippen LogP contribution in [0.5, 0.6) is 11.5 Å². The molecule has 0 spiro atoms. The van der Waals surface area contributed by atoms with E-state index in [1.807, 2.05) is 24.3 Å². The van der Waals surface area contributed by atoms with Gasteiger partial charge in [-0.25, -0.2) is 0 Å². The number of carbonyl (C=O) groups excluding carboxylic acids is 1. The van der Waals surface area contributed by atoms with E-state index in [0.29, 0.717) is 24.3 Å². The normalized spacial score (nSPS) is 21.2. The number of ether oxygens (including phenoxy) is 4. The zero-order valence-electron chi connectivity index (χ0n) is 13.1. The third-order valence-corrected chi connectivity index (χ3v) is 3.91. The van der Waals surface area contributed by atoms with Crippen LogP contribution >= 0.6 is 0 Å². The summed E-state index contributed by atoms with van der Waals surface area (Å²) in [5, 5.41) is 0. The molecule has 0 aliphatic carbocycles. The van der Waals surface area contributed by atoms with Crippen LogP contribution in [-0.4, -0.2) is 44.4 Å². The predicted octanol–water partition coefficient (Wildman–Crippen LogP) is 2.47. The molecule has 2 saturated heterocycles. The van der Waals surface area contributed by atoms with Crippen LogP contribution in [0.25, 0.3) is 0 Å². The van der Waals surface area contributed by atoms with Crippen LogP contribution in [0.4, 0.5) is 0 Å². The van der Waals surface area contributed by atoms with Crippen molar-refractivity contribution in [3.8, 4) is 11.5 Å². The average Bonchev–Trinajstić information content (AvgIpc) is 3.53. The molecule has 0 aromatic heterocycles. The van der Waals surface area contributed by atoms with E-state index in [4.69, 9.17) is 18.9 Å². The van der Waals surface area contributed by atoms with Crippen molar-refractivity contribution in [2.75, 3.05) is 26.4 Å². The van der Waals surface area contributed by atoms with Crippen LogP contribution < -0.4 is 9.47 Å². The molecule has 124 valence electrons. The summed E-state index contributed by atoms with van der Waals surface area (Å²) in [7, 11) is 0. The molecule has 2 aliphatic heterocycles. The van der Waals surface area contributed by atoms with Crippen molar-refractivity contribution >= 4 is 5.78 Å². The van der Waals surface area contributed by atoms with Crippen molar-refractivity contribution in [2.24, 2.45) is 0 Å². The van der Waals surface area contributed by atoms with Crippen LogP contribution in [0.1, 0.15) is 15.9 Å². The van der Waals surface area contributed by atoms with E-state index < -0.39 is 0 Å². The molecule has 0 amide bonds. The van der Waals surface area contributed by atoms with Gasteiger partial charge in [-0.3, -0.25) is 4.79 Å². The molecule has 2 aromatic rings. The van der Waals surface area contributed by atoms with E-state index in [-0.39, 0.29) is 18.0 Å². The van der Waals surface area contributed by atoms with E-state index in [0.717, 1.165) is 24.7 Å². The first-order valence-corrected chi connectivity index (χ1v) is 8.01. The number of benzene rings is 2. The first-order valence-electron chi connectivity index (χ1n) is 8.01. The van der Waals surface area contributed by atoms with Gasteiger partial charge in [-0.05, 0) is 48.5 Å². The van der Waals surface area contributed by atoms with Gasteiger partial charge in [0.1, 0.15) is 36.9 Å². The fraction of sp³-hybridized carbons (Fsp3) is 0.316. The minimum atomic E-state index is -0.0239. The Morgan fingerprint density at radius 3 is 1.50 bits per heavy atom. The SMILES string of the molecule is O=C(c1ccc(OCC2CO2)cc1)c1ccc(OCC2CO2)cc1. The van der Waals surface area contributed by atoms with Crippen LogP contribution in [-0.2, 0) is 9.47 Å².